The van der Waals surface area contributed by atoms with Crippen molar-refractivity contribution in [3.8, 4) is 0 Å². The van der Waals surface area contributed by atoms with Crippen LogP contribution in [0.25, 0.3) is 0 Å². The predicted molar refractivity (Wildman–Crippen MR) is 87.6 cm³/mol. The molecule has 20 heavy (non-hydrogen) atoms. The monoisotopic (exact) mass is 272 g/mol. The van der Waals surface area contributed by atoms with E-state index in [2.05, 4.69) is 46.8 Å². The molecule has 3 aliphatic carbocycles. The van der Waals surface area contributed by atoms with E-state index in [0.717, 1.165) is 17.8 Å². The lowest BCUT2D eigenvalue weighted by molar-refractivity contribution is -0.0389. The summed E-state index contributed by atoms with van der Waals surface area (Å²) in [6.45, 7) is 12.4. The highest BCUT2D eigenvalue weighted by Crippen LogP contribution is 2.61. The van der Waals surface area contributed by atoms with Crippen molar-refractivity contribution in [2.24, 2.45) is 28.6 Å². The highest BCUT2D eigenvalue weighted by molar-refractivity contribution is 5.35. The second-order valence-electron chi connectivity index (χ2n) is 8.81. The van der Waals surface area contributed by atoms with Gasteiger partial charge in [-0.3, -0.25) is 0 Å². The van der Waals surface area contributed by atoms with Gasteiger partial charge in [0.2, 0.25) is 0 Å². The van der Waals surface area contributed by atoms with Gasteiger partial charge < -0.3 is 0 Å². The zero-order chi connectivity index (χ0) is 14.5. The normalized spacial score (nSPS) is 39.7. The van der Waals surface area contributed by atoms with Crippen molar-refractivity contribution in [1.82, 2.24) is 0 Å². The first-order valence-electron chi connectivity index (χ1n) is 8.75. The van der Waals surface area contributed by atoms with Gasteiger partial charge in [0.05, 0.1) is 0 Å². The number of fused-ring (bicyclic) bond motifs is 3. The Bertz CT molecular complexity index is 449. The summed E-state index contributed by atoms with van der Waals surface area (Å²) < 4.78 is 0. The summed E-state index contributed by atoms with van der Waals surface area (Å²) in [6, 6.07) is 0. The van der Waals surface area contributed by atoms with Crippen LogP contribution in [0.4, 0.5) is 0 Å². The van der Waals surface area contributed by atoms with Crippen molar-refractivity contribution in [1.29, 1.82) is 0 Å². The standard InChI is InChI=1S/C20H32/c1-14(2)15-7-9-17-16(13-15)8-10-18-19(3,4)11-6-12-20(17,18)5/h8,13-14,17-18H,6-7,9-12H2,1-5H3/t17?,18?,20-/m1/s1. The van der Waals surface area contributed by atoms with Crippen molar-refractivity contribution >= 4 is 0 Å². The molecule has 0 heteroatoms. The second kappa shape index (κ2) is 4.75. The molecule has 1 fully saturated rings. The average molecular weight is 272 g/mol. The van der Waals surface area contributed by atoms with Crippen LogP contribution < -0.4 is 0 Å². The minimum absolute atomic E-state index is 0.539. The SMILES string of the molecule is CC(C)C1=CC2=CCC3C(C)(C)CCC[C@]3(C)C2CC1. The van der Waals surface area contributed by atoms with Crippen molar-refractivity contribution < 1.29 is 0 Å². The van der Waals surface area contributed by atoms with E-state index in [0.29, 0.717) is 10.8 Å². The van der Waals surface area contributed by atoms with Crippen LogP contribution in [-0.4, -0.2) is 0 Å². The maximum atomic E-state index is 2.62. The molecular weight excluding hydrogens is 240 g/mol. The summed E-state index contributed by atoms with van der Waals surface area (Å²) in [5, 5.41) is 0. The summed E-state index contributed by atoms with van der Waals surface area (Å²) in [5.41, 5.74) is 4.48. The smallest absolute Gasteiger partial charge is 0.0105 e. The lowest BCUT2D eigenvalue weighted by Gasteiger charge is -2.57. The summed E-state index contributed by atoms with van der Waals surface area (Å²) in [6.07, 6.45) is 13.5. The van der Waals surface area contributed by atoms with Gasteiger partial charge in [0.15, 0.2) is 0 Å². The first-order valence-corrected chi connectivity index (χ1v) is 8.75. The van der Waals surface area contributed by atoms with E-state index in [1.165, 1.54) is 38.5 Å². The third-order valence-corrected chi connectivity index (χ3v) is 6.88. The van der Waals surface area contributed by atoms with Gasteiger partial charge in [-0.25, -0.2) is 0 Å². The molecule has 3 rings (SSSR count). The lowest BCUT2D eigenvalue weighted by atomic mass is 9.47. The molecule has 0 N–H and O–H groups in total. The van der Waals surface area contributed by atoms with Crippen LogP contribution in [0.5, 0.6) is 0 Å². The molecule has 0 nitrogen and oxygen atoms in total. The fourth-order valence-electron chi connectivity index (χ4n) is 5.66. The van der Waals surface area contributed by atoms with Gasteiger partial charge >= 0.3 is 0 Å². The Labute approximate surface area is 125 Å². The predicted octanol–water partition coefficient (Wildman–Crippen LogP) is 6.14. The molecule has 0 aromatic carbocycles. The van der Waals surface area contributed by atoms with E-state index < -0.39 is 0 Å². The van der Waals surface area contributed by atoms with E-state index in [1.54, 1.807) is 11.1 Å². The molecule has 112 valence electrons. The minimum Gasteiger partial charge on any atom is -0.0807 e. The summed E-state index contributed by atoms with van der Waals surface area (Å²) in [7, 11) is 0. The van der Waals surface area contributed by atoms with Crippen LogP contribution >= 0.6 is 0 Å². The van der Waals surface area contributed by atoms with Crippen molar-refractivity contribution in [2.75, 3.05) is 0 Å². The third kappa shape index (κ3) is 2.11. The minimum atomic E-state index is 0.539. The maximum Gasteiger partial charge on any atom is -0.0105 e. The van der Waals surface area contributed by atoms with Crippen LogP contribution in [0.3, 0.4) is 0 Å². The summed E-state index contributed by atoms with van der Waals surface area (Å²) >= 11 is 0. The molecule has 3 atom stereocenters. The molecule has 0 saturated heterocycles. The quantitative estimate of drug-likeness (QED) is 0.537. The van der Waals surface area contributed by atoms with Crippen LogP contribution in [-0.2, 0) is 0 Å². The van der Waals surface area contributed by atoms with E-state index in [4.69, 9.17) is 0 Å². The molecule has 0 spiro atoms. The summed E-state index contributed by atoms with van der Waals surface area (Å²) in [5.74, 6) is 2.46. The number of rotatable bonds is 1. The van der Waals surface area contributed by atoms with Gasteiger partial charge in [-0.15, -0.1) is 0 Å². The van der Waals surface area contributed by atoms with Gasteiger partial charge in [-0.1, -0.05) is 58.8 Å². The molecule has 1 saturated carbocycles. The first-order chi connectivity index (χ1) is 9.34. The van der Waals surface area contributed by atoms with Crippen LogP contribution in [0.15, 0.2) is 23.3 Å². The lowest BCUT2D eigenvalue weighted by Crippen LogP contribution is -2.49. The average Bonchev–Trinajstić information content (AvgIpc) is 2.37. The highest BCUT2D eigenvalue weighted by Gasteiger charge is 2.52. The van der Waals surface area contributed by atoms with E-state index in [-0.39, 0.29) is 0 Å². The Kier molecular flexibility index (Phi) is 3.42. The molecule has 2 unspecified atom stereocenters. The van der Waals surface area contributed by atoms with Gasteiger partial charge in [0.1, 0.15) is 0 Å². The van der Waals surface area contributed by atoms with Crippen LogP contribution in [0.2, 0.25) is 0 Å². The molecule has 0 heterocycles. The largest absolute Gasteiger partial charge is 0.0807 e. The number of hydrogen-bond donors (Lipinski definition) is 0. The molecule has 0 radical (unpaired) electrons. The first kappa shape index (κ1) is 14.4. The van der Waals surface area contributed by atoms with Crippen molar-refractivity contribution in [2.45, 2.75) is 73.1 Å². The molecule has 0 aromatic rings. The fraction of sp³-hybridized carbons (Fsp3) is 0.800. The zero-order valence-corrected chi connectivity index (χ0v) is 14.1. The van der Waals surface area contributed by atoms with Crippen molar-refractivity contribution in [3.05, 3.63) is 23.3 Å². The molecule has 0 aliphatic heterocycles. The zero-order valence-electron chi connectivity index (χ0n) is 14.1. The number of allylic oxidation sites excluding steroid dienone is 4. The van der Waals surface area contributed by atoms with E-state index in [1.807, 2.05) is 0 Å². The Morgan fingerprint density at radius 2 is 1.90 bits per heavy atom. The topological polar surface area (TPSA) is 0 Å². The van der Waals surface area contributed by atoms with Gasteiger partial charge in [-0.2, -0.15) is 0 Å². The van der Waals surface area contributed by atoms with Crippen LogP contribution in [0, 0.1) is 28.6 Å². The molecule has 3 aliphatic rings. The molecular formula is C20H32. The Balaban J connectivity index is 1.97. The highest BCUT2D eigenvalue weighted by atomic mass is 14.6. The second-order valence-corrected chi connectivity index (χ2v) is 8.81. The van der Waals surface area contributed by atoms with E-state index >= 15 is 0 Å². The fourth-order valence-corrected chi connectivity index (χ4v) is 5.66. The maximum absolute atomic E-state index is 2.62. The van der Waals surface area contributed by atoms with Crippen molar-refractivity contribution in [3.63, 3.8) is 0 Å². The molecule has 0 aromatic heterocycles. The van der Waals surface area contributed by atoms with Gasteiger partial charge in [0, 0.05) is 0 Å². The Morgan fingerprint density at radius 1 is 1.15 bits per heavy atom. The van der Waals surface area contributed by atoms with E-state index in [9.17, 15) is 0 Å². The summed E-state index contributed by atoms with van der Waals surface area (Å²) in [4.78, 5) is 0. The third-order valence-electron chi connectivity index (χ3n) is 6.88. The molecule has 0 amide bonds. The van der Waals surface area contributed by atoms with Crippen LogP contribution in [0.1, 0.15) is 73.1 Å². The molecule has 0 bridgehead atoms. The Morgan fingerprint density at radius 3 is 2.60 bits per heavy atom. The van der Waals surface area contributed by atoms with Gasteiger partial charge in [-0.05, 0) is 66.3 Å². The van der Waals surface area contributed by atoms with Gasteiger partial charge in [0.25, 0.3) is 0 Å². The Hall–Kier alpha value is -0.520. The number of hydrogen-bond acceptors (Lipinski definition) is 0.